The molecule has 0 aliphatic rings. The van der Waals surface area contributed by atoms with Crippen LogP contribution in [0.15, 0.2) is 30.9 Å². The van der Waals surface area contributed by atoms with Gasteiger partial charge in [-0.1, -0.05) is 0 Å². The van der Waals surface area contributed by atoms with Crippen LogP contribution in [0.1, 0.15) is 16.9 Å². The minimum absolute atomic E-state index is 0.235. The first kappa shape index (κ1) is 13.9. The predicted octanol–water partition coefficient (Wildman–Crippen LogP) is 1.15. The molecule has 0 bridgehead atoms. The number of methoxy groups -OCH3 is 1. The van der Waals surface area contributed by atoms with E-state index in [4.69, 9.17) is 5.73 Å². The predicted molar refractivity (Wildman–Crippen MR) is 75.3 cm³/mol. The third kappa shape index (κ3) is 3.47. The monoisotopic (exact) mass is 275 g/mol. The van der Waals surface area contributed by atoms with Gasteiger partial charge in [-0.3, -0.25) is 0 Å². The lowest BCUT2D eigenvalue weighted by molar-refractivity contribution is 0.0594. The molecule has 20 heavy (non-hydrogen) atoms. The molecule has 7 heteroatoms. The molecule has 0 aromatic carbocycles. The average Bonchev–Trinajstić information content (AvgIpc) is 2.97. The highest BCUT2D eigenvalue weighted by Gasteiger charge is 2.09. The van der Waals surface area contributed by atoms with Crippen LogP contribution in [0.25, 0.3) is 0 Å². The summed E-state index contributed by atoms with van der Waals surface area (Å²) in [7, 11) is 1.32. The number of hydrogen-bond acceptors (Lipinski definition) is 6. The van der Waals surface area contributed by atoms with Crippen molar-refractivity contribution in [2.24, 2.45) is 0 Å². The Morgan fingerprint density at radius 3 is 3.05 bits per heavy atom. The lowest BCUT2D eigenvalue weighted by Gasteiger charge is -2.09. The van der Waals surface area contributed by atoms with E-state index in [9.17, 15) is 4.79 Å². The SMILES string of the molecule is COC(=O)c1ccc(N)c(NCCCn2ccnc2)n1. The van der Waals surface area contributed by atoms with Gasteiger partial charge in [-0.15, -0.1) is 0 Å². The van der Waals surface area contributed by atoms with Crippen LogP contribution in [-0.2, 0) is 11.3 Å². The second-order valence-electron chi connectivity index (χ2n) is 4.21. The second kappa shape index (κ2) is 6.55. The Morgan fingerprint density at radius 2 is 2.35 bits per heavy atom. The van der Waals surface area contributed by atoms with Crippen LogP contribution in [0.2, 0.25) is 0 Å². The highest BCUT2D eigenvalue weighted by Crippen LogP contribution is 2.16. The smallest absolute Gasteiger partial charge is 0.356 e. The van der Waals surface area contributed by atoms with Crippen LogP contribution in [-0.4, -0.2) is 34.2 Å². The Labute approximate surface area is 116 Å². The zero-order valence-electron chi connectivity index (χ0n) is 11.2. The molecule has 0 amide bonds. The largest absolute Gasteiger partial charge is 0.464 e. The van der Waals surface area contributed by atoms with Gasteiger partial charge in [0.25, 0.3) is 0 Å². The van der Waals surface area contributed by atoms with Gasteiger partial charge in [-0.25, -0.2) is 14.8 Å². The topological polar surface area (TPSA) is 95.1 Å². The van der Waals surface area contributed by atoms with Gasteiger partial charge in [0.1, 0.15) is 5.82 Å². The van der Waals surface area contributed by atoms with Crippen molar-refractivity contribution in [2.45, 2.75) is 13.0 Å². The summed E-state index contributed by atoms with van der Waals surface area (Å²) in [5.74, 6) is 0.0185. The molecule has 0 saturated heterocycles. The number of nitrogens with zero attached hydrogens (tertiary/aromatic N) is 3. The first-order valence-electron chi connectivity index (χ1n) is 6.25. The number of carbonyl (C=O) groups is 1. The maximum absolute atomic E-state index is 11.4. The van der Waals surface area contributed by atoms with E-state index in [1.54, 1.807) is 18.6 Å². The minimum atomic E-state index is -0.480. The first-order chi connectivity index (χ1) is 9.70. The molecule has 0 spiro atoms. The lowest BCUT2D eigenvalue weighted by atomic mass is 10.3. The van der Waals surface area contributed by atoms with E-state index >= 15 is 0 Å². The number of aryl methyl sites for hydroxylation is 1. The standard InChI is InChI=1S/C13H17N5O2/c1-20-13(19)11-4-3-10(14)12(17-11)16-5-2-7-18-8-6-15-9-18/h3-4,6,8-9H,2,5,7,14H2,1H3,(H,16,17). The number of anilines is 2. The molecule has 0 unspecified atom stereocenters. The average molecular weight is 275 g/mol. The third-order valence-corrected chi connectivity index (χ3v) is 2.77. The van der Waals surface area contributed by atoms with Crippen LogP contribution >= 0.6 is 0 Å². The molecule has 0 radical (unpaired) electrons. The van der Waals surface area contributed by atoms with E-state index in [-0.39, 0.29) is 5.69 Å². The maximum Gasteiger partial charge on any atom is 0.356 e. The Kier molecular flexibility index (Phi) is 4.54. The zero-order chi connectivity index (χ0) is 14.4. The molecular formula is C13H17N5O2. The molecule has 0 aliphatic carbocycles. The number of ether oxygens (including phenoxy) is 1. The van der Waals surface area contributed by atoms with Gasteiger partial charge >= 0.3 is 5.97 Å². The zero-order valence-corrected chi connectivity index (χ0v) is 11.2. The van der Waals surface area contributed by atoms with Gasteiger partial charge in [-0.05, 0) is 18.6 Å². The third-order valence-electron chi connectivity index (χ3n) is 2.77. The van der Waals surface area contributed by atoms with Crippen molar-refractivity contribution >= 4 is 17.5 Å². The van der Waals surface area contributed by atoms with Crippen molar-refractivity contribution in [1.82, 2.24) is 14.5 Å². The van der Waals surface area contributed by atoms with Crippen molar-refractivity contribution in [2.75, 3.05) is 24.7 Å². The minimum Gasteiger partial charge on any atom is -0.464 e. The van der Waals surface area contributed by atoms with Crippen LogP contribution in [0.3, 0.4) is 0 Å². The molecule has 7 nitrogen and oxygen atoms in total. The van der Waals surface area contributed by atoms with Crippen molar-refractivity contribution in [1.29, 1.82) is 0 Å². The molecule has 3 N–H and O–H groups in total. The van der Waals surface area contributed by atoms with Gasteiger partial charge in [-0.2, -0.15) is 0 Å². The number of imidazole rings is 1. The number of esters is 1. The molecule has 0 aliphatic heterocycles. The number of nitrogens with two attached hydrogens (primary N) is 1. The van der Waals surface area contributed by atoms with Gasteiger partial charge in [0.05, 0.1) is 19.1 Å². The Bertz CT molecular complexity index is 568. The number of nitrogen functional groups attached to an aromatic ring is 1. The highest BCUT2D eigenvalue weighted by molar-refractivity contribution is 5.88. The molecule has 2 rings (SSSR count). The summed E-state index contributed by atoms with van der Waals surface area (Å²) < 4.78 is 6.61. The fraction of sp³-hybridized carbons (Fsp3) is 0.308. The molecule has 0 atom stereocenters. The molecule has 0 saturated carbocycles. The van der Waals surface area contributed by atoms with Crippen molar-refractivity contribution in [3.05, 3.63) is 36.5 Å². The molecule has 106 valence electrons. The number of hydrogen-bond donors (Lipinski definition) is 2. The van der Waals surface area contributed by atoms with E-state index in [1.165, 1.54) is 13.2 Å². The Balaban J connectivity index is 1.89. The summed E-state index contributed by atoms with van der Waals surface area (Å²) in [6.07, 6.45) is 6.31. The second-order valence-corrected chi connectivity index (χ2v) is 4.21. The van der Waals surface area contributed by atoms with Crippen LogP contribution in [0, 0.1) is 0 Å². The van der Waals surface area contributed by atoms with Crippen LogP contribution in [0.5, 0.6) is 0 Å². The van der Waals surface area contributed by atoms with Crippen LogP contribution < -0.4 is 11.1 Å². The molecule has 2 heterocycles. The summed E-state index contributed by atoms with van der Waals surface area (Å²) >= 11 is 0. The van der Waals surface area contributed by atoms with Gasteiger partial charge in [0.15, 0.2) is 5.69 Å². The fourth-order valence-corrected chi connectivity index (χ4v) is 1.72. The molecular weight excluding hydrogens is 258 g/mol. The van der Waals surface area contributed by atoms with E-state index < -0.39 is 5.97 Å². The Hall–Kier alpha value is -2.57. The number of aromatic nitrogens is 3. The molecule has 2 aromatic rings. The molecule has 0 fully saturated rings. The summed E-state index contributed by atoms with van der Waals surface area (Å²) in [6.45, 7) is 1.55. The van der Waals surface area contributed by atoms with Gasteiger partial charge < -0.3 is 20.4 Å². The quantitative estimate of drug-likeness (QED) is 0.606. The summed E-state index contributed by atoms with van der Waals surface area (Å²) in [5.41, 5.74) is 6.55. The Morgan fingerprint density at radius 1 is 1.50 bits per heavy atom. The normalized spacial score (nSPS) is 10.2. The summed E-state index contributed by atoms with van der Waals surface area (Å²) in [6, 6.07) is 3.18. The van der Waals surface area contributed by atoms with Crippen molar-refractivity contribution in [3.8, 4) is 0 Å². The summed E-state index contributed by atoms with van der Waals surface area (Å²) in [5, 5.41) is 3.12. The molecule has 2 aromatic heterocycles. The van der Waals surface area contributed by atoms with E-state index in [1.807, 2.05) is 10.8 Å². The van der Waals surface area contributed by atoms with Gasteiger partial charge in [0, 0.05) is 25.5 Å². The number of pyridine rings is 1. The van der Waals surface area contributed by atoms with Gasteiger partial charge in [0.2, 0.25) is 0 Å². The van der Waals surface area contributed by atoms with E-state index in [0.717, 1.165) is 13.0 Å². The highest BCUT2D eigenvalue weighted by atomic mass is 16.5. The number of carbonyl (C=O) groups excluding carboxylic acids is 1. The fourth-order valence-electron chi connectivity index (χ4n) is 1.72. The van der Waals surface area contributed by atoms with E-state index in [2.05, 4.69) is 20.0 Å². The number of nitrogens with one attached hydrogen (secondary N) is 1. The maximum atomic E-state index is 11.4. The lowest BCUT2D eigenvalue weighted by Crippen LogP contribution is -2.12. The van der Waals surface area contributed by atoms with Crippen molar-refractivity contribution in [3.63, 3.8) is 0 Å². The first-order valence-corrected chi connectivity index (χ1v) is 6.25. The van der Waals surface area contributed by atoms with Crippen LogP contribution in [0.4, 0.5) is 11.5 Å². The van der Waals surface area contributed by atoms with E-state index in [0.29, 0.717) is 18.1 Å². The summed E-state index contributed by atoms with van der Waals surface area (Å²) in [4.78, 5) is 19.5. The van der Waals surface area contributed by atoms with Crippen molar-refractivity contribution < 1.29 is 9.53 Å². The number of rotatable bonds is 6.